The number of rotatable bonds is 4. The highest BCUT2D eigenvalue weighted by Gasteiger charge is 2.10. The van der Waals surface area contributed by atoms with Gasteiger partial charge in [-0.1, -0.05) is 35.9 Å². The molecule has 0 bridgehead atoms. The number of aryl methyl sites for hydroxylation is 1. The van der Waals surface area contributed by atoms with E-state index in [4.69, 9.17) is 5.73 Å². The Balaban J connectivity index is 2.07. The van der Waals surface area contributed by atoms with Crippen LogP contribution in [0.15, 0.2) is 42.5 Å². The molecule has 100 valence electrons. The SMILES string of the molecule is Cc1cccc(CCN(C)c2c(N)cccc2F)c1. The van der Waals surface area contributed by atoms with E-state index in [1.165, 1.54) is 17.2 Å². The number of hydrogen-bond donors (Lipinski definition) is 1. The molecule has 0 radical (unpaired) electrons. The van der Waals surface area contributed by atoms with Crippen LogP contribution in [0.5, 0.6) is 0 Å². The van der Waals surface area contributed by atoms with Gasteiger partial charge in [0.15, 0.2) is 0 Å². The number of hydrogen-bond acceptors (Lipinski definition) is 2. The molecule has 2 N–H and O–H groups in total. The maximum atomic E-state index is 13.8. The van der Waals surface area contributed by atoms with E-state index in [0.29, 0.717) is 11.4 Å². The average molecular weight is 258 g/mol. The zero-order chi connectivity index (χ0) is 13.8. The number of nitrogens with two attached hydrogens (primary N) is 1. The molecule has 3 heteroatoms. The number of nitrogens with zero attached hydrogens (tertiary/aromatic N) is 1. The zero-order valence-corrected chi connectivity index (χ0v) is 11.4. The van der Waals surface area contributed by atoms with Gasteiger partial charge < -0.3 is 10.6 Å². The van der Waals surface area contributed by atoms with Gasteiger partial charge in [0.1, 0.15) is 5.82 Å². The number of nitrogen functional groups attached to an aromatic ring is 1. The van der Waals surface area contributed by atoms with E-state index in [2.05, 4.69) is 25.1 Å². The Morgan fingerprint density at radius 1 is 1.16 bits per heavy atom. The van der Waals surface area contributed by atoms with Crippen molar-refractivity contribution in [1.29, 1.82) is 0 Å². The molecule has 0 aromatic heterocycles. The highest BCUT2D eigenvalue weighted by Crippen LogP contribution is 2.25. The van der Waals surface area contributed by atoms with Crippen molar-refractivity contribution >= 4 is 11.4 Å². The molecule has 19 heavy (non-hydrogen) atoms. The molecular weight excluding hydrogens is 239 g/mol. The van der Waals surface area contributed by atoms with Crippen molar-refractivity contribution in [2.45, 2.75) is 13.3 Å². The molecule has 0 heterocycles. The van der Waals surface area contributed by atoms with Crippen molar-refractivity contribution < 1.29 is 4.39 Å². The summed E-state index contributed by atoms with van der Waals surface area (Å²) in [5.41, 5.74) is 9.29. The second kappa shape index (κ2) is 5.74. The van der Waals surface area contributed by atoms with Gasteiger partial charge in [0.25, 0.3) is 0 Å². The van der Waals surface area contributed by atoms with Crippen LogP contribution < -0.4 is 10.6 Å². The van der Waals surface area contributed by atoms with Crippen LogP contribution in [0.2, 0.25) is 0 Å². The second-order valence-corrected chi connectivity index (χ2v) is 4.84. The summed E-state index contributed by atoms with van der Waals surface area (Å²) in [7, 11) is 1.87. The number of anilines is 2. The summed E-state index contributed by atoms with van der Waals surface area (Å²) in [5.74, 6) is -0.272. The van der Waals surface area contributed by atoms with Crippen LogP contribution in [0, 0.1) is 12.7 Å². The van der Waals surface area contributed by atoms with E-state index in [-0.39, 0.29) is 5.82 Å². The summed E-state index contributed by atoms with van der Waals surface area (Å²) < 4.78 is 13.8. The first-order valence-electron chi connectivity index (χ1n) is 6.38. The Labute approximate surface area is 113 Å². The first-order valence-corrected chi connectivity index (χ1v) is 6.38. The third-order valence-electron chi connectivity index (χ3n) is 3.22. The molecule has 0 fully saturated rings. The summed E-state index contributed by atoms with van der Waals surface area (Å²) in [6.07, 6.45) is 0.867. The largest absolute Gasteiger partial charge is 0.397 e. The lowest BCUT2D eigenvalue weighted by molar-refractivity contribution is 0.623. The van der Waals surface area contributed by atoms with Gasteiger partial charge >= 0.3 is 0 Å². The summed E-state index contributed by atoms with van der Waals surface area (Å²) in [6.45, 7) is 2.80. The van der Waals surface area contributed by atoms with E-state index in [0.717, 1.165) is 13.0 Å². The predicted molar refractivity (Wildman–Crippen MR) is 79.0 cm³/mol. The van der Waals surface area contributed by atoms with Gasteiger partial charge in [-0.25, -0.2) is 4.39 Å². The van der Waals surface area contributed by atoms with Crippen molar-refractivity contribution in [2.24, 2.45) is 0 Å². The summed E-state index contributed by atoms with van der Waals surface area (Å²) >= 11 is 0. The lowest BCUT2D eigenvalue weighted by Crippen LogP contribution is -2.22. The van der Waals surface area contributed by atoms with Crippen molar-refractivity contribution in [2.75, 3.05) is 24.2 Å². The quantitative estimate of drug-likeness (QED) is 0.852. The van der Waals surface area contributed by atoms with E-state index in [1.54, 1.807) is 12.1 Å². The van der Waals surface area contributed by atoms with E-state index < -0.39 is 0 Å². The standard InChI is InChI=1S/C16H19FN2/c1-12-5-3-6-13(11-12)9-10-19(2)16-14(17)7-4-8-15(16)18/h3-8,11H,9-10,18H2,1-2H3. The monoisotopic (exact) mass is 258 g/mol. The summed E-state index contributed by atoms with van der Waals surface area (Å²) in [5, 5.41) is 0. The summed E-state index contributed by atoms with van der Waals surface area (Å²) in [4.78, 5) is 1.87. The normalized spacial score (nSPS) is 10.5. The second-order valence-electron chi connectivity index (χ2n) is 4.84. The van der Waals surface area contributed by atoms with Gasteiger partial charge in [-0.2, -0.15) is 0 Å². The maximum Gasteiger partial charge on any atom is 0.148 e. The van der Waals surface area contributed by atoms with E-state index >= 15 is 0 Å². The maximum absolute atomic E-state index is 13.8. The number of para-hydroxylation sites is 1. The molecule has 2 aromatic carbocycles. The average Bonchev–Trinajstić information content (AvgIpc) is 2.36. The fourth-order valence-corrected chi connectivity index (χ4v) is 2.21. The third-order valence-corrected chi connectivity index (χ3v) is 3.22. The molecule has 2 aromatic rings. The molecule has 2 rings (SSSR count). The first-order chi connectivity index (χ1) is 9.08. The lowest BCUT2D eigenvalue weighted by atomic mass is 10.1. The van der Waals surface area contributed by atoms with Crippen LogP contribution in [-0.2, 0) is 6.42 Å². The smallest absolute Gasteiger partial charge is 0.148 e. The van der Waals surface area contributed by atoms with E-state index in [9.17, 15) is 4.39 Å². The van der Waals surface area contributed by atoms with Crippen molar-refractivity contribution in [1.82, 2.24) is 0 Å². The molecule has 0 atom stereocenters. The molecule has 0 aliphatic heterocycles. The van der Waals surface area contributed by atoms with Crippen LogP contribution in [0.1, 0.15) is 11.1 Å². The van der Waals surface area contributed by atoms with Crippen molar-refractivity contribution in [3.63, 3.8) is 0 Å². The van der Waals surface area contributed by atoms with Crippen LogP contribution >= 0.6 is 0 Å². The number of likely N-dealkylation sites (N-methyl/N-ethyl adjacent to an activating group) is 1. The highest BCUT2D eigenvalue weighted by atomic mass is 19.1. The molecule has 0 aliphatic rings. The number of halogens is 1. The van der Waals surface area contributed by atoms with Gasteiger partial charge in [-0.15, -0.1) is 0 Å². The van der Waals surface area contributed by atoms with Crippen LogP contribution in [0.25, 0.3) is 0 Å². The Hall–Kier alpha value is -2.03. The van der Waals surface area contributed by atoms with Gasteiger partial charge in [-0.3, -0.25) is 0 Å². The predicted octanol–water partition coefficient (Wildman–Crippen LogP) is 3.40. The molecule has 0 saturated carbocycles. The lowest BCUT2D eigenvalue weighted by Gasteiger charge is -2.21. The molecular formula is C16H19FN2. The van der Waals surface area contributed by atoms with Crippen LogP contribution in [0.3, 0.4) is 0 Å². The minimum absolute atomic E-state index is 0.272. The molecule has 0 unspecified atom stereocenters. The molecule has 2 nitrogen and oxygen atoms in total. The highest BCUT2D eigenvalue weighted by molar-refractivity contribution is 5.67. The Morgan fingerprint density at radius 2 is 1.89 bits per heavy atom. The van der Waals surface area contributed by atoms with Gasteiger partial charge in [0, 0.05) is 13.6 Å². The van der Waals surface area contributed by atoms with Gasteiger partial charge in [0.05, 0.1) is 11.4 Å². The molecule has 0 aliphatic carbocycles. The van der Waals surface area contributed by atoms with Crippen molar-refractivity contribution in [3.05, 3.63) is 59.4 Å². The van der Waals surface area contributed by atoms with Crippen molar-refractivity contribution in [3.8, 4) is 0 Å². The Bertz CT molecular complexity index is 546. The van der Waals surface area contributed by atoms with Crippen LogP contribution in [0.4, 0.5) is 15.8 Å². The molecule has 0 spiro atoms. The fourth-order valence-electron chi connectivity index (χ4n) is 2.21. The number of benzene rings is 2. The van der Waals surface area contributed by atoms with Gasteiger partial charge in [-0.05, 0) is 31.0 Å². The van der Waals surface area contributed by atoms with Gasteiger partial charge in [0.2, 0.25) is 0 Å². The minimum atomic E-state index is -0.272. The summed E-state index contributed by atoms with van der Waals surface area (Å²) in [6, 6.07) is 13.1. The minimum Gasteiger partial charge on any atom is -0.397 e. The Morgan fingerprint density at radius 3 is 2.58 bits per heavy atom. The van der Waals surface area contributed by atoms with Crippen LogP contribution in [-0.4, -0.2) is 13.6 Å². The molecule has 0 saturated heterocycles. The molecule has 0 amide bonds. The third kappa shape index (κ3) is 3.25. The first kappa shape index (κ1) is 13.4. The van der Waals surface area contributed by atoms with E-state index in [1.807, 2.05) is 18.0 Å². The fraction of sp³-hybridized carbons (Fsp3) is 0.250. The zero-order valence-electron chi connectivity index (χ0n) is 11.4. The topological polar surface area (TPSA) is 29.3 Å². The Kier molecular flexibility index (Phi) is 4.05.